The van der Waals surface area contributed by atoms with Gasteiger partial charge in [0.25, 0.3) is 0 Å². The zero-order chi connectivity index (χ0) is 33.8. The number of carbonyl (C=O) groups excluding carboxylic acids is 1. The molecule has 248 valence electrons. The van der Waals surface area contributed by atoms with Crippen molar-refractivity contribution in [2.24, 2.45) is 0 Å². The molecule has 1 atom stereocenters. The maximum atomic E-state index is 15.7. The first kappa shape index (κ1) is 33.4. The fourth-order valence-electron chi connectivity index (χ4n) is 4.90. The molecule has 0 spiro atoms. The van der Waals surface area contributed by atoms with Crippen LogP contribution in [0.4, 0.5) is 26.7 Å². The summed E-state index contributed by atoms with van der Waals surface area (Å²) in [7, 11) is -6.15. The van der Waals surface area contributed by atoms with Crippen LogP contribution in [0.1, 0.15) is 47.1 Å². The lowest BCUT2D eigenvalue weighted by Crippen LogP contribution is -2.35. The molecule has 1 aliphatic heterocycles. The Balaban J connectivity index is 1.67. The first-order valence-corrected chi connectivity index (χ1v) is 16.2. The third kappa shape index (κ3) is 6.74. The number of likely N-dealkylation sites (tertiary alicyclic amines) is 1. The summed E-state index contributed by atoms with van der Waals surface area (Å²) in [4.78, 5) is 18.3. The summed E-state index contributed by atoms with van der Waals surface area (Å²) in [5.74, 6) is -3.10. The van der Waals surface area contributed by atoms with E-state index in [9.17, 15) is 30.8 Å². The summed E-state index contributed by atoms with van der Waals surface area (Å²) in [6.07, 6.45) is 2.25. The molecular weight excluding hydrogens is 659 g/mol. The second kappa shape index (κ2) is 12.0. The van der Waals surface area contributed by atoms with Crippen molar-refractivity contribution in [3.05, 3.63) is 47.6 Å². The molecule has 1 aliphatic rings. The van der Waals surface area contributed by atoms with E-state index in [0.717, 1.165) is 17.4 Å². The molecule has 1 amide bonds. The van der Waals surface area contributed by atoms with Crippen molar-refractivity contribution in [2.45, 2.75) is 64.3 Å². The predicted molar refractivity (Wildman–Crippen MR) is 159 cm³/mol. The Labute approximate surface area is 264 Å². The number of pyridine rings is 1. The number of fused-ring (bicyclic) bond motifs is 1. The smallest absolute Gasteiger partial charge is 0.490 e. The molecule has 1 fully saturated rings. The van der Waals surface area contributed by atoms with Crippen molar-refractivity contribution in [2.75, 3.05) is 13.1 Å². The highest BCUT2D eigenvalue weighted by atomic mass is 32.2. The number of nitrogens with zero attached hydrogens (tertiary/aromatic N) is 4. The third-order valence-corrected chi connectivity index (χ3v) is 8.62. The molecule has 0 saturated carbocycles. The molecule has 5 rings (SSSR count). The standard InChI is InChI=1S/C29H29F5N4O6S2/c1-15(2)42-21-11-17(30)10-20(31)22(21)23-24(36-26(19-7-9-45-25(19)23)44-46(40,41)29(32,33)34)16-12-35-38(13-16)18-6-8-37(14-18)27(39)43-28(3,4)5/h7,9-13,15,18H,6,8,14H2,1-5H3. The number of thiophene rings is 1. The number of benzene rings is 1. The molecule has 0 aliphatic carbocycles. The zero-order valence-electron chi connectivity index (χ0n) is 25.2. The molecule has 10 nitrogen and oxygen atoms in total. The predicted octanol–water partition coefficient (Wildman–Crippen LogP) is 7.30. The van der Waals surface area contributed by atoms with Crippen LogP contribution in [0.15, 0.2) is 36.0 Å². The van der Waals surface area contributed by atoms with Crippen LogP contribution in [0.25, 0.3) is 32.5 Å². The van der Waals surface area contributed by atoms with E-state index in [4.69, 9.17) is 9.47 Å². The normalized spacial score (nSPS) is 16.0. The summed E-state index contributed by atoms with van der Waals surface area (Å²) in [5, 5.41) is 5.65. The molecule has 0 bridgehead atoms. The molecule has 3 aromatic heterocycles. The van der Waals surface area contributed by atoms with Crippen molar-refractivity contribution in [1.29, 1.82) is 0 Å². The van der Waals surface area contributed by atoms with Crippen LogP contribution < -0.4 is 8.92 Å². The molecule has 0 N–H and O–H groups in total. The number of hydrogen-bond acceptors (Lipinski definition) is 9. The SMILES string of the molecule is CC(C)Oc1cc(F)cc(F)c1-c1c(-c2cnn(C3CCN(C(=O)OC(C)(C)C)C3)c2)nc(OS(=O)(=O)C(F)(F)F)c2ccsc12. The fourth-order valence-corrected chi connectivity index (χ4v) is 6.27. The summed E-state index contributed by atoms with van der Waals surface area (Å²) in [5.41, 5.74) is -6.77. The summed E-state index contributed by atoms with van der Waals surface area (Å²) >= 11 is 0.948. The van der Waals surface area contributed by atoms with E-state index in [1.807, 2.05) is 0 Å². The highest BCUT2D eigenvalue weighted by Gasteiger charge is 2.49. The van der Waals surface area contributed by atoms with Gasteiger partial charge in [0.1, 0.15) is 23.0 Å². The van der Waals surface area contributed by atoms with Gasteiger partial charge >= 0.3 is 21.7 Å². The number of rotatable bonds is 7. The van der Waals surface area contributed by atoms with Gasteiger partial charge < -0.3 is 18.6 Å². The van der Waals surface area contributed by atoms with Gasteiger partial charge in [-0.1, -0.05) is 0 Å². The van der Waals surface area contributed by atoms with Crippen molar-refractivity contribution in [3.63, 3.8) is 0 Å². The number of aromatic nitrogens is 3. The lowest BCUT2D eigenvalue weighted by molar-refractivity contribution is -0.0500. The lowest BCUT2D eigenvalue weighted by Gasteiger charge is -2.24. The largest absolute Gasteiger partial charge is 0.534 e. The van der Waals surface area contributed by atoms with Crippen LogP contribution in [0, 0.1) is 11.6 Å². The van der Waals surface area contributed by atoms with Gasteiger partial charge in [0.05, 0.1) is 35.0 Å². The van der Waals surface area contributed by atoms with Gasteiger partial charge in [-0.2, -0.15) is 26.7 Å². The molecule has 1 aromatic carbocycles. The number of halogens is 5. The van der Waals surface area contributed by atoms with E-state index >= 15 is 4.39 Å². The van der Waals surface area contributed by atoms with E-state index in [2.05, 4.69) is 14.3 Å². The molecule has 4 aromatic rings. The first-order valence-electron chi connectivity index (χ1n) is 13.9. The van der Waals surface area contributed by atoms with E-state index in [0.29, 0.717) is 19.0 Å². The average Bonchev–Trinajstić information content (AvgIpc) is 3.67. The van der Waals surface area contributed by atoms with Gasteiger partial charge in [0.2, 0.25) is 5.88 Å². The van der Waals surface area contributed by atoms with Gasteiger partial charge in [0.15, 0.2) is 0 Å². The van der Waals surface area contributed by atoms with Gasteiger partial charge in [-0.05, 0) is 52.5 Å². The van der Waals surface area contributed by atoms with Crippen molar-refractivity contribution >= 4 is 37.6 Å². The Bertz CT molecular complexity index is 1900. The minimum Gasteiger partial charge on any atom is -0.490 e. The molecule has 0 radical (unpaired) electrons. The molecule has 4 heterocycles. The minimum atomic E-state index is -6.15. The van der Waals surface area contributed by atoms with E-state index < -0.39 is 50.9 Å². The van der Waals surface area contributed by atoms with Crippen LogP contribution >= 0.6 is 11.3 Å². The summed E-state index contributed by atoms with van der Waals surface area (Å²) in [6, 6.07) is 2.53. The Hall–Kier alpha value is -3.99. The Morgan fingerprint density at radius 1 is 1.13 bits per heavy atom. The number of ether oxygens (including phenoxy) is 2. The van der Waals surface area contributed by atoms with E-state index in [1.165, 1.54) is 33.4 Å². The Kier molecular flexibility index (Phi) is 8.70. The first-order chi connectivity index (χ1) is 21.3. The van der Waals surface area contributed by atoms with Gasteiger partial charge in [0, 0.05) is 47.2 Å². The van der Waals surface area contributed by atoms with Crippen LogP contribution in [0.3, 0.4) is 0 Å². The fraction of sp³-hybridized carbons (Fsp3) is 0.414. The number of hydrogen-bond donors (Lipinski definition) is 0. The second-order valence-electron chi connectivity index (χ2n) is 11.8. The Morgan fingerprint density at radius 2 is 1.85 bits per heavy atom. The van der Waals surface area contributed by atoms with Crippen molar-refractivity contribution in [1.82, 2.24) is 19.7 Å². The minimum absolute atomic E-state index is 0.00346. The molecule has 1 saturated heterocycles. The number of carbonyl (C=O) groups is 1. The van der Waals surface area contributed by atoms with Crippen LogP contribution in [-0.4, -0.2) is 64.5 Å². The van der Waals surface area contributed by atoms with Crippen molar-refractivity contribution in [3.8, 4) is 34.0 Å². The van der Waals surface area contributed by atoms with Crippen LogP contribution in [0.2, 0.25) is 0 Å². The quantitative estimate of drug-likeness (QED) is 0.113. The third-order valence-electron chi connectivity index (χ3n) is 6.74. The topological polar surface area (TPSA) is 113 Å². The monoisotopic (exact) mass is 688 g/mol. The van der Waals surface area contributed by atoms with Gasteiger partial charge in [-0.25, -0.2) is 18.6 Å². The molecule has 46 heavy (non-hydrogen) atoms. The average molecular weight is 689 g/mol. The molecular formula is C29H29F5N4O6S2. The van der Waals surface area contributed by atoms with Crippen LogP contribution in [-0.2, 0) is 14.9 Å². The maximum Gasteiger partial charge on any atom is 0.534 e. The van der Waals surface area contributed by atoms with Crippen molar-refractivity contribution < 1.29 is 48.8 Å². The molecule has 1 unspecified atom stereocenters. The zero-order valence-corrected chi connectivity index (χ0v) is 26.8. The number of alkyl halides is 3. The van der Waals surface area contributed by atoms with Gasteiger partial charge in [-0.15, -0.1) is 11.3 Å². The number of amides is 1. The summed E-state index contributed by atoms with van der Waals surface area (Å²) in [6.45, 7) is 9.10. The summed E-state index contributed by atoms with van der Waals surface area (Å²) < 4.78 is 112. The van der Waals surface area contributed by atoms with E-state index in [1.54, 1.807) is 34.6 Å². The highest BCUT2D eigenvalue weighted by molar-refractivity contribution is 7.88. The van der Waals surface area contributed by atoms with Gasteiger partial charge in [-0.3, -0.25) is 4.68 Å². The van der Waals surface area contributed by atoms with Crippen LogP contribution in [0.5, 0.6) is 11.6 Å². The highest BCUT2D eigenvalue weighted by Crippen LogP contribution is 2.48. The van der Waals surface area contributed by atoms with E-state index in [-0.39, 0.29) is 50.8 Å². The lowest BCUT2D eigenvalue weighted by atomic mass is 9.98. The second-order valence-corrected chi connectivity index (χ2v) is 14.2. The maximum absolute atomic E-state index is 15.7. The molecule has 17 heteroatoms. The Morgan fingerprint density at radius 3 is 2.50 bits per heavy atom.